The highest BCUT2D eigenvalue weighted by Crippen LogP contribution is 2.84. The number of benzene rings is 1. The summed E-state index contributed by atoms with van der Waals surface area (Å²) in [6.45, 7) is 15.1. The van der Waals surface area contributed by atoms with Crippen LogP contribution in [0.5, 0.6) is 0 Å². The van der Waals surface area contributed by atoms with E-state index in [1.165, 1.54) is 36.1 Å². The van der Waals surface area contributed by atoms with Gasteiger partial charge in [-0.1, -0.05) is 71.6 Å². The van der Waals surface area contributed by atoms with Crippen LogP contribution in [0.2, 0.25) is 0 Å². The number of fused-ring (bicyclic) bond motifs is 9. The van der Waals surface area contributed by atoms with Crippen LogP contribution in [0.4, 0.5) is 0 Å². The molecule has 16 unspecified atom stereocenters. The van der Waals surface area contributed by atoms with Gasteiger partial charge in [0.05, 0.1) is 46.3 Å². The van der Waals surface area contributed by atoms with Crippen LogP contribution < -0.4 is 5.32 Å². The topological polar surface area (TPSA) is 182 Å². The quantitative estimate of drug-likeness (QED) is 0.0702. The fourth-order valence-corrected chi connectivity index (χ4v) is 22.9. The van der Waals surface area contributed by atoms with Crippen LogP contribution in [0, 0.1) is 50.2 Å². The van der Waals surface area contributed by atoms with Crippen LogP contribution in [0.3, 0.4) is 0 Å². The summed E-state index contributed by atoms with van der Waals surface area (Å²) in [5, 5.41) is 43.2. The van der Waals surface area contributed by atoms with Crippen molar-refractivity contribution in [2.45, 2.75) is 236 Å². The molecule has 440 valence electrons. The maximum absolute atomic E-state index is 16.4. The number of ether oxygens (including phenoxy) is 2. The zero-order chi connectivity index (χ0) is 56.9. The van der Waals surface area contributed by atoms with Gasteiger partial charge >= 0.3 is 0 Å². The highest BCUT2D eigenvalue weighted by atomic mass is 16.6. The summed E-state index contributed by atoms with van der Waals surface area (Å²) in [6, 6.07) is 9.07. The number of nitrogens with one attached hydrogen (secondary N) is 3. The molecule has 2 bridgehead atoms. The predicted molar refractivity (Wildman–Crippen MR) is 314 cm³/mol. The molecular weight excluding hydrogens is 1020 g/mol. The number of aryl methyl sites for hydroxylation is 1. The molecule has 16 atom stereocenters. The first-order chi connectivity index (χ1) is 39.2. The molecular formula is C70H92N4O8. The summed E-state index contributed by atoms with van der Waals surface area (Å²) in [5.74, 6) is -0.325. The molecule has 0 amide bonds. The van der Waals surface area contributed by atoms with Gasteiger partial charge in [0.2, 0.25) is 0 Å². The monoisotopic (exact) mass is 1120 g/mol. The van der Waals surface area contributed by atoms with Gasteiger partial charge in [-0.05, 0) is 189 Å². The van der Waals surface area contributed by atoms with E-state index in [0.29, 0.717) is 75.9 Å². The maximum atomic E-state index is 16.4. The van der Waals surface area contributed by atoms with E-state index < -0.39 is 62.3 Å². The number of aromatic amines is 2. The smallest absolute Gasteiger partial charge is 0.160 e. The Bertz CT molecular complexity index is 3320. The number of aliphatic hydroxyl groups is 3. The molecule has 6 saturated carbocycles. The predicted octanol–water partition coefficient (Wildman–Crippen LogP) is 11.6. The van der Waals surface area contributed by atoms with Gasteiger partial charge in [0.25, 0.3) is 0 Å². The average molecular weight is 1120 g/mol. The summed E-state index contributed by atoms with van der Waals surface area (Å²) in [5.41, 5.74) is 6.37. The minimum absolute atomic E-state index is 0.0578. The van der Waals surface area contributed by atoms with Crippen LogP contribution in [-0.2, 0) is 42.4 Å². The molecule has 82 heavy (non-hydrogen) atoms. The van der Waals surface area contributed by atoms with E-state index in [1.807, 2.05) is 13.8 Å². The average Bonchev–Trinajstić information content (AvgIpc) is 1.15. The van der Waals surface area contributed by atoms with Crippen molar-refractivity contribution in [1.82, 2.24) is 19.9 Å². The Morgan fingerprint density at radius 3 is 2.41 bits per heavy atom. The Morgan fingerprint density at radius 2 is 1.67 bits per heavy atom. The molecule has 8 aliphatic carbocycles. The van der Waals surface area contributed by atoms with E-state index >= 15 is 9.59 Å². The molecule has 15 rings (SSSR count). The molecule has 12 heteroatoms. The van der Waals surface area contributed by atoms with Crippen molar-refractivity contribution in [3.8, 4) is 0 Å². The lowest BCUT2D eigenvalue weighted by atomic mass is 9.27. The molecule has 3 aliphatic heterocycles. The Balaban J connectivity index is 0.928. The van der Waals surface area contributed by atoms with Crippen molar-refractivity contribution in [3.05, 3.63) is 93.1 Å². The second kappa shape index (κ2) is 18.4. The first-order valence-electron chi connectivity index (χ1n) is 32.5. The molecule has 3 aromatic heterocycles. The fraction of sp³-hybridized carbons (Fsp3) is 0.700. The molecule has 6 N–H and O–H groups in total. The van der Waals surface area contributed by atoms with Crippen molar-refractivity contribution in [1.29, 1.82) is 0 Å². The number of carbonyl (C=O) groups is 3. The number of hydrogen-bond acceptors (Lipinski definition) is 9. The molecule has 6 heterocycles. The lowest BCUT2D eigenvalue weighted by Gasteiger charge is -2.76. The highest BCUT2D eigenvalue weighted by Gasteiger charge is 2.81. The SMILES string of the molecule is CNC1CCCC2(C1)C(=O)C1c3cc[nH]c3C3CCC1(C3)C1(C)C2CCC2(C)C1C(O)C1Cn3cc(C(C=O)c4cc(C5CCCCC5)cc(C5(O)CCOCC5)c4)c4[nH]cc(c43)CCC(C)(CC(O)C3OC3(C)C)C3=C1C2(C)CC3=O. The van der Waals surface area contributed by atoms with E-state index in [2.05, 4.69) is 97.5 Å². The fourth-order valence-electron chi connectivity index (χ4n) is 22.9. The second-order valence-corrected chi connectivity index (χ2v) is 30.8. The molecule has 4 aromatic rings. The molecule has 11 aliphatic rings. The lowest BCUT2D eigenvalue weighted by Crippen LogP contribution is -2.75. The van der Waals surface area contributed by atoms with E-state index in [1.54, 1.807) is 0 Å². The largest absolute Gasteiger partial charge is 0.392 e. The molecule has 0 radical (unpaired) electrons. The Morgan fingerprint density at radius 1 is 0.890 bits per heavy atom. The number of carbonyl (C=O) groups excluding carboxylic acids is 3. The first kappa shape index (κ1) is 54.5. The van der Waals surface area contributed by atoms with Crippen LogP contribution in [-0.4, -0.2) is 97.9 Å². The molecule has 1 aromatic carbocycles. The van der Waals surface area contributed by atoms with Gasteiger partial charge in [0.15, 0.2) is 5.78 Å². The van der Waals surface area contributed by atoms with Crippen LogP contribution in [0.25, 0.3) is 11.0 Å². The Labute approximate surface area is 485 Å². The number of aromatic nitrogens is 3. The third kappa shape index (κ3) is 7.20. The highest BCUT2D eigenvalue weighted by molar-refractivity contribution is 6.02. The number of H-pyrrole nitrogens is 2. The summed E-state index contributed by atoms with van der Waals surface area (Å²) < 4.78 is 14.3. The first-order valence-corrected chi connectivity index (χ1v) is 32.5. The van der Waals surface area contributed by atoms with Gasteiger partial charge in [-0.25, -0.2) is 0 Å². The number of epoxide rings is 1. The van der Waals surface area contributed by atoms with Crippen LogP contribution in [0.1, 0.15) is 226 Å². The summed E-state index contributed by atoms with van der Waals surface area (Å²) >= 11 is 0. The van der Waals surface area contributed by atoms with E-state index in [0.717, 1.165) is 121 Å². The van der Waals surface area contributed by atoms with Crippen LogP contribution >= 0.6 is 0 Å². The van der Waals surface area contributed by atoms with Crippen molar-refractivity contribution >= 4 is 28.9 Å². The number of ketones is 2. The number of allylic oxidation sites excluding steroid dienone is 1. The molecule has 8 fully saturated rings. The zero-order valence-electron chi connectivity index (χ0n) is 50.1. The second-order valence-electron chi connectivity index (χ2n) is 30.8. The number of nitrogens with zero attached hydrogens (tertiary/aromatic N) is 1. The van der Waals surface area contributed by atoms with Crippen LogP contribution in [0.15, 0.2) is 54.0 Å². The third-order valence-corrected chi connectivity index (χ3v) is 26.9. The Kier molecular flexibility index (Phi) is 12.2. The number of Topliss-reactive ketones (excluding diaryl/α,β-unsaturated/α-hetero) is 2. The molecule has 2 saturated heterocycles. The molecule has 12 nitrogen and oxygen atoms in total. The number of aliphatic hydroxyl groups excluding tert-OH is 2. The van der Waals surface area contributed by atoms with Gasteiger partial charge in [0.1, 0.15) is 18.2 Å². The van der Waals surface area contributed by atoms with Gasteiger partial charge < -0.3 is 49.4 Å². The summed E-state index contributed by atoms with van der Waals surface area (Å²) in [7, 11) is 2.07. The Hall–Kier alpha value is -4.17. The van der Waals surface area contributed by atoms with Gasteiger partial charge in [-0.2, -0.15) is 0 Å². The summed E-state index contributed by atoms with van der Waals surface area (Å²) in [6.07, 6.45) is 22.4. The van der Waals surface area contributed by atoms with E-state index in [-0.39, 0.29) is 41.1 Å². The summed E-state index contributed by atoms with van der Waals surface area (Å²) in [4.78, 5) is 54.1. The van der Waals surface area contributed by atoms with Crippen molar-refractivity contribution in [3.63, 3.8) is 0 Å². The number of hydrogen-bond donors (Lipinski definition) is 6. The van der Waals surface area contributed by atoms with E-state index in [4.69, 9.17) is 9.47 Å². The van der Waals surface area contributed by atoms with Gasteiger partial charge in [-0.15, -0.1) is 0 Å². The lowest BCUT2D eigenvalue weighted by molar-refractivity contribution is -0.271. The van der Waals surface area contributed by atoms with Crippen molar-refractivity contribution < 1.29 is 39.2 Å². The zero-order valence-corrected chi connectivity index (χ0v) is 50.1. The number of rotatable bonds is 9. The maximum Gasteiger partial charge on any atom is 0.160 e. The van der Waals surface area contributed by atoms with Crippen molar-refractivity contribution in [2.24, 2.45) is 50.2 Å². The minimum Gasteiger partial charge on any atom is -0.392 e. The van der Waals surface area contributed by atoms with E-state index in [9.17, 15) is 20.1 Å². The van der Waals surface area contributed by atoms with Crippen molar-refractivity contribution in [2.75, 3.05) is 20.3 Å². The standard InChI is InChI=1S/C70H92N4O8/c1-63(2)62(82-63)51(77)33-64(3)20-15-41-35-73-57-47(49(38-75)43-28-42(39-12-9-8-10-13-39)29-44(30-43)70(80)23-26-81-27-24-70)36-74(58(41)57)37-48-53-55(64)50(76)34-66(53,5)65(4)21-17-52-67(6,60(65)59(48)78)69-22-16-40(31-69)56-46(18-25-72-56)54(69)61(79)68(52)19-11-14-45(32-68)71-7/h18,25,28-30,35-36,38-40,45,48-49,51-52,54,59-60,62,71-73,77-78,80H,8-17,19-24,26-27,31-34,37H2,1-7H3. The van der Waals surface area contributed by atoms with Gasteiger partial charge in [-0.3, -0.25) is 9.59 Å². The molecule has 2 spiro atoms. The normalized spacial score (nSPS) is 41.6. The third-order valence-electron chi connectivity index (χ3n) is 26.9. The minimum atomic E-state index is -1.06. The number of aldehydes is 1. The van der Waals surface area contributed by atoms with Gasteiger partial charge in [0, 0.05) is 97.2 Å².